The maximum Gasteiger partial charge on any atom is 0.321 e. The Morgan fingerprint density at radius 3 is 2.70 bits per heavy atom. The summed E-state index contributed by atoms with van der Waals surface area (Å²) in [5, 5.41) is 2.71. The van der Waals surface area contributed by atoms with Crippen LogP contribution in [-0.2, 0) is 6.54 Å². The number of alkyl halides is 2. The van der Waals surface area contributed by atoms with Gasteiger partial charge in [0.2, 0.25) is 0 Å². The van der Waals surface area contributed by atoms with Gasteiger partial charge in [-0.05, 0) is 29.8 Å². The molecule has 0 aromatic heterocycles. The first-order chi connectivity index (χ1) is 11.0. The third-order valence-corrected chi connectivity index (χ3v) is 4.50. The summed E-state index contributed by atoms with van der Waals surface area (Å²) in [6.07, 6.45) is 0. The SMILES string of the molecule is CN(Cc1ccccc1Br)C(=O)Nc1cccc(SC(F)F)c1. The lowest BCUT2D eigenvalue weighted by molar-refractivity contribution is 0.220. The second kappa shape index (κ2) is 8.31. The van der Waals surface area contributed by atoms with Crippen LogP contribution in [0.4, 0.5) is 19.3 Å². The Morgan fingerprint density at radius 1 is 1.26 bits per heavy atom. The van der Waals surface area contributed by atoms with Gasteiger partial charge in [-0.2, -0.15) is 8.78 Å². The third-order valence-electron chi connectivity index (χ3n) is 3.02. The number of benzene rings is 2. The van der Waals surface area contributed by atoms with Crippen molar-refractivity contribution in [2.24, 2.45) is 0 Å². The molecule has 1 N–H and O–H groups in total. The Hall–Kier alpha value is -1.60. The average Bonchev–Trinajstić information content (AvgIpc) is 2.49. The molecule has 0 saturated heterocycles. The number of thioether (sulfide) groups is 1. The summed E-state index contributed by atoms with van der Waals surface area (Å²) in [5.74, 6) is -2.49. The van der Waals surface area contributed by atoms with Crippen molar-refractivity contribution in [2.75, 3.05) is 12.4 Å². The zero-order valence-corrected chi connectivity index (χ0v) is 14.7. The highest BCUT2D eigenvalue weighted by Gasteiger charge is 2.12. The molecule has 0 heterocycles. The lowest BCUT2D eigenvalue weighted by Crippen LogP contribution is -2.30. The summed E-state index contributed by atoms with van der Waals surface area (Å²) in [6, 6.07) is 13.7. The van der Waals surface area contributed by atoms with Gasteiger partial charge in [0.25, 0.3) is 5.76 Å². The molecule has 2 rings (SSSR count). The molecule has 2 aromatic carbocycles. The lowest BCUT2D eigenvalue weighted by atomic mass is 10.2. The molecule has 0 saturated carbocycles. The average molecular weight is 401 g/mol. The van der Waals surface area contributed by atoms with Crippen LogP contribution in [0.3, 0.4) is 0 Å². The Kier molecular flexibility index (Phi) is 6.41. The standard InChI is InChI=1S/C16H15BrF2N2OS/c1-21(10-11-5-2-3-8-14(11)17)16(22)20-12-6-4-7-13(9-12)23-15(18)19/h2-9,15H,10H2,1H3,(H,20,22). The van der Waals surface area contributed by atoms with E-state index in [1.54, 1.807) is 25.2 Å². The Bertz CT molecular complexity index is 685. The first-order valence-electron chi connectivity index (χ1n) is 6.76. The van der Waals surface area contributed by atoms with Gasteiger partial charge >= 0.3 is 6.03 Å². The lowest BCUT2D eigenvalue weighted by Gasteiger charge is -2.19. The van der Waals surface area contributed by atoms with E-state index in [1.165, 1.54) is 11.0 Å². The summed E-state index contributed by atoms with van der Waals surface area (Å²) >= 11 is 3.89. The van der Waals surface area contributed by atoms with Crippen molar-refractivity contribution >= 4 is 39.4 Å². The van der Waals surface area contributed by atoms with Gasteiger partial charge in [0, 0.05) is 28.6 Å². The van der Waals surface area contributed by atoms with E-state index in [1.807, 2.05) is 24.3 Å². The van der Waals surface area contributed by atoms with Gasteiger partial charge in [-0.3, -0.25) is 0 Å². The van der Waals surface area contributed by atoms with Crippen LogP contribution < -0.4 is 5.32 Å². The number of hydrogen-bond acceptors (Lipinski definition) is 2. The van der Waals surface area contributed by atoms with Gasteiger partial charge in [-0.1, -0.05) is 52.0 Å². The van der Waals surface area contributed by atoms with Crippen LogP contribution in [0.2, 0.25) is 0 Å². The van der Waals surface area contributed by atoms with E-state index >= 15 is 0 Å². The molecule has 0 aliphatic carbocycles. The number of rotatable bonds is 5. The van der Waals surface area contributed by atoms with Crippen LogP contribution in [0.1, 0.15) is 5.56 Å². The van der Waals surface area contributed by atoms with Crippen molar-refractivity contribution < 1.29 is 13.6 Å². The molecule has 0 fully saturated rings. The molecule has 23 heavy (non-hydrogen) atoms. The van der Waals surface area contributed by atoms with E-state index in [-0.39, 0.29) is 6.03 Å². The van der Waals surface area contributed by atoms with Gasteiger partial charge in [-0.25, -0.2) is 4.79 Å². The molecule has 0 radical (unpaired) electrons. The Balaban J connectivity index is 1.99. The van der Waals surface area contributed by atoms with Crippen molar-refractivity contribution in [1.82, 2.24) is 4.90 Å². The number of amides is 2. The number of nitrogens with one attached hydrogen (secondary N) is 1. The second-order valence-corrected chi connectivity index (χ2v) is 6.70. The summed E-state index contributed by atoms with van der Waals surface area (Å²) in [7, 11) is 1.67. The van der Waals surface area contributed by atoms with Crippen molar-refractivity contribution in [1.29, 1.82) is 0 Å². The monoisotopic (exact) mass is 400 g/mol. The number of urea groups is 1. The zero-order chi connectivity index (χ0) is 16.8. The molecule has 0 bridgehead atoms. The number of nitrogens with zero attached hydrogens (tertiary/aromatic N) is 1. The Labute approximate surface area is 146 Å². The maximum absolute atomic E-state index is 12.4. The van der Waals surface area contributed by atoms with E-state index in [9.17, 15) is 13.6 Å². The van der Waals surface area contributed by atoms with Crippen molar-refractivity contribution in [3.05, 3.63) is 58.6 Å². The van der Waals surface area contributed by atoms with Gasteiger partial charge in [-0.15, -0.1) is 0 Å². The van der Waals surface area contributed by atoms with Crippen LogP contribution in [-0.4, -0.2) is 23.7 Å². The van der Waals surface area contributed by atoms with Crippen LogP contribution in [0.15, 0.2) is 57.9 Å². The minimum atomic E-state index is -2.49. The highest BCUT2D eigenvalue weighted by atomic mass is 79.9. The van der Waals surface area contributed by atoms with E-state index in [2.05, 4.69) is 21.2 Å². The first kappa shape index (κ1) is 17.7. The van der Waals surface area contributed by atoms with Crippen molar-refractivity contribution in [2.45, 2.75) is 17.2 Å². The molecule has 0 unspecified atom stereocenters. The molecule has 3 nitrogen and oxygen atoms in total. The van der Waals surface area contributed by atoms with E-state index in [0.29, 0.717) is 28.9 Å². The number of hydrogen-bond donors (Lipinski definition) is 1. The molecule has 7 heteroatoms. The van der Waals surface area contributed by atoms with Gasteiger partial charge in [0.15, 0.2) is 0 Å². The quantitative estimate of drug-likeness (QED) is 0.678. The van der Waals surface area contributed by atoms with E-state index < -0.39 is 5.76 Å². The molecule has 0 aliphatic heterocycles. The predicted octanol–water partition coefficient (Wildman–Crippen LogP) is 5.43. The smallest absolute Gasteiger partial charge is 0.321 e. The number of carbonyl (C=O) groups is 1. The topological polar surface area (TPSA) is 32.3 Å². The molecule has 2 amide bonds. The minimum Gasteiger partial charge on any atom is -0.323 e. The number of halogens is 3. The third kappa shape index (κ3) is 5.51. The van der Waals surface area contributed by atoms with Crippen LogP contribution >= 0.6 is 27.7 Å². The first-order valence-corrected chi connectivity index (χ1v) is 8.43. The normalized spacial score (nSPS) is 10.7. The zero-order valence-electron chi connectivity index (χ0n) is 12.3. The van der Waals surface area contributed by atoms with Crippen molar-refractivity contribution in [3.63, 3.8) is 0 Å². The van der Waals surface area contributed by atoms with Crippen molar-refractivity contribution in [3.8, 4) is 0 Å². The maximum atomic E-state index is 12.4. The number of carbonyl (C=O) groups excluding carboxylic acids is 1. The predicted molar refractivity (Wildman–Crippen MR) is 92.9 cm³/mol. The largest absolute Gasteiger partial charge is 0.323 e. The minimum absolute atomic E-state index is 0.306. The van der Waals surface area contributed by atoms with Gasteiger partial charge in [0.1, 0.15) is 0 Å². The van der Waals surface area contributed by atoms with Crippen LogP contribution in [0.25, 0.3) is 0 Å². The fraction of sp³-hybridized carbons (Fsp3) is 0.188. The number of anilines is 1. The summed E-state index contributed by atoms with van der Waals surface area (Å²) in [5.41, 5.74) is 1.46. The van der Waals surface area contributed by atoms with E-state index in [4.69, 9.17) is 0 Å². The highest BCUT2D eigenvalue weighted by Crippen LogP contribution is 2.27. The van der Waals surface area contributed by atoms with E-state index in [0.717, 1.165) is 10.0 Å². The molecule has 122 valence electrons. The molecule has 0 atom stereocenters. The summed E-state index contributed by atoms with van der Waals surface area (Å²) < 4.78 is 25.7. The highest BCUT2D eigenvalue weighted by molar-refractivity contribution is 9.10. The molecular formula is C16H15BrF2N2OS. The van der Waals surface area contributed by atoms with Gasteiger partial charge in [0.05, 0.1) is 0 Å². The fourth-order valence-electron chi connectivity index (χ4n) is 1.92. The molecular weight excluding hydrogens is 386 g/mol. The van der Waals surface area contributed by atoms with Gasteiger partial charge < -0.3 is 10.2 Å². The summed E-state index contributed by atoms with van der Waals surface area (Å²) in [4.78, 5) is 14.1. The molecule has 0 aliphatic rings. The van der Waals surface area contributed by atoms with Crippen LogP contribution in [0, 0.1) is 0 Å². The second-order valence-electron chi connectivity index (χ2n) is 4.78. The van der Waals surface area contributed by atoms with Crippen LogP contribution in [0.5, 0.6) is 0 Å². The molecule has 0 spiro atoms. The molecule has 2 aromatic rings. The summed E-state index contributed by atoms with van der Waals surface area (Å²) in [6.45, 7) is 0.429. The Morgan fingerprint density at radius 2 is 2.00 bits per heavy atom. The fourth-order valence-corrected chi connectivity index (χ4v) is 2.89.